The van der Waals surface area contributed by atoms with Crippen molar-refractivity contribution in [2.75, 3.05) is 32.8 Å². The fraction of sp³-hybridized carbons (Fsp3) is 0.864. The maximum absolute atomic E-state index is 12.7. The van der Waals surface area contributed by atoms with Gasteiger partial charge in [-0.2, -0.15) is 0 Å². The number of piperidine rings is 1. The average Bonchev–Trinajstić information content (AvgIpc) is 3.20. The van der Waals surface area contributed by atoms with Gasteiger partial charge in [-0.15, -0.1) is 0 Å². The lowest BCUT2D eigenvalue weighted by molar-refractivity contribution is -0.911. The van der Waals surface area contributed by atoms with Gasteiger partial charge in [-0.1, -0.05) is 31.9 Å². The van der Waals surface area contributed by atoms with E-state index in [4.69, 9.17) is 14.2 Å². The van der Waals surface area contributed by atoms with E-state index in [1.54, 1.807) is 5.57 Å². The van der Waals surface area contributed by atoms with E-state index in [1.807, 2.05) is 0 Å². The van der Waals surface area contributed by atoms with Crippen LogP contribution in [0, 0.1) is 23.2 Å². The topological polar surface area (TPSA) is 49.2 Å². The Bertz CT molecular complexity index is 630. The lowest BCUT2D eigenvalue weighted by atomic mass is 9.59. The SMILES string of the molecule is C[C@@H]1CCC[C@]2(C)C[C@H]3OC(=O)[C@@H](C[NH+]4CCC5(CC4)OCCO5)[C@H]3C=C12. The molecule has 5 nitrogen and oxygen atoms in total. The number of hydrogen-bond donors (Lipinski definition) is 1. The largest absolute Gasteiger partial charge is 0.461 e. The van der Waals surface area contributed by atoms with Crippen LogP contribution in [0.25, 0.3) is 0 Å². The first-order valence-corrected chi connectivity index (χ1v) is 11.0. The van der Waals surface area contributed by atoms with Crippen molar-refractivity contribution >= 4 is 5.97 Å². The molecule has 1 N–H and O–H groups in total. The summed E-state index contributed by atoms with van der Waals surface area (Å²) < 4.78 is 17.6. The molecule has 150 valence electrons. The van der Waals surface area contributed by atoms with Gasteiger partial charge in [0.1, 0.15) is 12.0 Å². The highest BCUT2D eigenvalue weighted by Crippen LogP contribution is 2.53. The number of carbonyl (C=O) groups is 1. The highest BCUT2D eigenvalue weighted by Gasteiger charge is 2.53. The monoisotopic (exact) mass is 376 g/mol. The third kappa shape index (κ3) is 3.06. The summed E-state index contributed by atoms with van der Waals surface area (Å²) in [5.74, 6) is 0.672. The predicted octanol–water partition coefficient (Wildman–Crippen LogP) is 1.72. The summed E-state index contributed by atoms with van der Waals surface area (Å²) in [4.78, 5) is 14.2. The van der Waals surface area contributed by atoms with E-state index in [2.05, 4.69) is 19.9 Å². The summed E-state index contributed by atoms with van der Waals surface area (Å²) in [5.41, 5.74) is 1.86. The smallest absolute Gasteiger partial charge is 0.315 e. The van der Waals surface area contributed by atoms with Crippen LogP contribution >= 0.6 is 0 Å². The maximum Gasteiger partial charge on any atom is 0.315 e. The standard InChI is InChI=1S/C22H33NO4/c1-15-4-3-5-21(2)13-19-16(12-18(15)21)17(20(24)27-19)14-23-8-6-22(7-9-23)25-10-11-26-22/h12,15-17,19H,3-11,13-14H2,1-2H3/p+1/t15-,16-,17+,19-,21-/m1/s1. The molecule has 0 amide bonds. The van der Waals surface area contributed by atoms with E-state index in [0.717, 1.165) is 52.1 Å². The normalized spacial score (nSPS) is 43.9. The van der Waals surface area contributed by atoms with Gasteiger partial charge in [0.25, 0.3) is 0 Å². The molecule has 4 fully saturated rings. The summed E-state index contributed by atoms with van der Waals surface area (Å²) in [6.45, 7) is 9.13. The number of carbonyl (C=O) groups excluding carboxylic acids is 1. The molecule has 27 heavy (non-hydrogen) atoms. The molecule has 5 rings (SSSR count). The van der Waals surface area contributed by atoms with Crippen LogP contribution in [0.5, 0.6) is 0 Å². The Morgan fingerprint density at radius 1 is 1.19 bits per heavy atom. The number of quaternary nitrogens is 1. The Morgan fingerprint density at radius 3 is 2.67 bits per heavy atom. The second kappa shape index (κ2) is 6.57. The molecule has 2 aliphatic carbocycles. The fourth-order valence-corrected chi connectivity index (χ4v) is 6.57. The Hall–Kier alpha value is -0.910. The third-order valence-corrected chi connectivity index (χ3v) is 8.12. The van der Waals surface area contributed by atoms with Crippen molar-refractivity contribution in [1.29, 1.82) is 0 Å². The Balaban J connectivity index is 1.30. The first-order chi connectivity index (χ1) is 13.0. The summed E-state index contributed by atoms with van der Waals surface area (Å²) >= 11 is 0. The molecule has 5 aliphatic rings. The van der Waals surface area contributed by atoms with Crippen LogP contribution in [0.15, 0.2) is 11.6 Å². The van der Waals surface area contributed by atoms with Crippen LogP contribution < -0.4 is 4.90 Å². The molecular formula is C22H34NO4+. The zero-order chi connectivity index (χ0) is 18.6. The first-order valence-electron chi connectivity index (χ1n) is 11.0. The molecule has 3 aliphatic heterocycles. The van der Waals surface area contributed by atoms with Crippen LogP contribution in [0.2, 0.25) is 0 Å². The number of esters is 1. The number of fused-ring (bicyclic) bond motifs is 2. The van der Waals surface area contributed by atoms with Crippen molar-refractivity contribution in [3.8, 4) is 0 Å². The van der Waals surface area contributed by atoms with Crippen molar-refractivity contribution in [3.05, 3.63) is 11.6 Å². The van der Waals surface area contributed by atoms with Gasteiger partial charge in [0.05, 0.1) is 45.7 Å². The van der Waals surface area contributed by atoms with Crippen molar-refractivity contribution in [2.45, 2.75) is 64.3 Å². The van der Waals surface area contributed by atoms with E-state index in [1.165, 1.54) is 24.2 Å². The van der Waals surface area contributed by atoms with E-state index >= 15 is 0 Å². The molecule has 5 heteroatoms. The average molecular weight is 377 g/mol. The zero-order valence-corrected chi connectivity index (χ0v) is 16.8. The summed E-state index contributed by atoms with van der Waals surface area (Å²) in [5, 5.41) is 0. The van der Waals surface area contributed by atoms with Crippen LogP contribution in [0.3, 0.4) is 0 Å². The van der Waals surface area contributed by atoms with Gasteiger partial charge in [0, 0.05) is 5.92 Å². The molecule has 0 bridgehead atoms. The van der Waals surface area contributed by atoms with E-state index in [9.17, 15) is 4.79 Å². The van der Waals surface area contributed by atoms with Crippen LogP contribution in [0.1, 0.15) is 52.4 Å². The molecule has 3 saturated heterocycles. The maximum atomic E-state index is 12.7. The van der Waals surface area contributed by atoms with E-state index < -0.39 is 0 Å². The highest BCUT2D eigenvalue weighted by atomic mass is 16.7. The molecule has 0 radical (unpaired) electrons. The van der Waals surface area contributed by atoms with Gasteiger partial charge in [-0.3, -0.25) is 4.79 Å². The van der Waals surface area contributed by atoms with Gasteiger partial charge in [-0.05, 0) is 30.6 Å². The van der Waals surface area contributed by atoms with E-state index in [0.29, 0.717) is 5.92 Å². The lowest BCUT2D eigenvalue weighted by Gasteiger charge is -2.46. The molecule has 0 aromatic carbocycles. The second-order valence-electron chi connectivity index (χ2n) is 9.90. The number of allylic oxidation sites excluding steroid dienone is 1. The van der Waals surface area contributed by atoms with Crippen molar-refractivity contribution in [1.82, 2.24) is 0 Å². The van der Waals surface area contributed by atoms with Crippen LogP contribution in [-0.2, 0) is 19.0 Å². The summed E-state index contributed by atoms with van der Waals surface area (Å²) in [6.07, 6.45) is 9.30. The Morgan fingerprint density at radius 2 is 1.93 bits per heavy atom. The number of rotatable bonds is 2. The van der Waals surface area contributed by atoms with Gasteiger partial charge < -0.3 is 19.1 Å². The number of hydrogen-bond acceptors (Lipinski definition) is 4. The second-order valence-corrected chi connectivity index (χ2v) is 9.90. The van der Waals surface area contributed by atoms with Crippen molar-refractivity contribution in [3.63, 3.8) is 0 Å². The number of likely N-dealkylation sites (tertiary alicyclic amines) is 1. The van der Waals surface area contributed by atoms with E-state index in [-0.39, 0.29) is 35.1 Å². The summed E-state index contributed by atoms with van der Waals surface area (Å²) in [7, 11) is 0. The molecule has 3 heterocycles. The Labute approximate surface area is 162 Å². The zero-order valence-electron chi connectivity index (χ0n) is 16.8. The van der Waals surface area contributed by atoms with Crippen LogP contribution in [-0.4, -0.2) is 50.7 Å². The minimum absolute atomic E-state index is 0.0237. The predicted molar refractivity (Wildman–Crippen MR) is 100 cm³/mol. The number of ether oxygens (including phenoxy) is 3. The highest BCUT2D eigenvalue weighted by molar-refractivity contribution is 5.76. The van der Waals surface area contributed by atoms with Gasteiger partial charge in [0.2, 0.25) is 0 Å². The summed E-state index contributed by atoms with van der Waals surface area (Å²) in [6, 6.07) is 0. The molecule has 0 aromatic rings. The molecule has 5 atom stereocenters. The third-order valence-electron chi connectivity index (χ3n) is 8.12. The quantitative estimate of drug-likeness (QED) is 0.589. The van der Waals surface area contributed by atoms with Crippen molar-refractivity contribution in [2.24, 2.45) is 23.2 Å². The van der Waals surface area contributed by atoms with Crippen molar-refractivity contribution < 1.29 is 23.9 Å². The van der Waals surface area contributed by atoms with Crippen LogP contribution in [0.4, 0.5) is 0 Å². The minimum atomic E-state index is -0.325. The Kier molecular flexibility index (Phi) is 4.41. The molecule has 1 saturated carbocycles. The van der Waals surface area contributed by atoms with Gasteiger partial charge in [0.15, 0.2) is 5.79 Å². The minimum Gasteiger partial charge on any atom is -0.461 e. The van der Waals surface area contributed by atoms with Gasteiger partial charge in [-0.25, -0.2) is 0 Å². The molecule has 0 aromatic heterocycles. The molecule has 1 spiro atoms. The lowest BCUT2D eigenvalue weighted by Crippen LogP contribution is -3.14. The fourth-order valence-electron chi connectivity index (χ4n) is 6.57. The number of nitrogens with one attached hydrogen (secondary N) is 1. The molecular weight excluding hydrogens is 342 g/mol. The van der Waals surface area contributed by atoms with Gasteiger partial charge >= 0.3 is 5.97 Å². The molecule has 0 unspecified atom stereocenters. The first kappa shape index (κ1) is 18.1.